The Morgan fingerprint density at radius 2 is 1.97 bits per heavy atom. The van der Waals surface area contributed by atoms with Crippen LogP contribution in [0.2, 0.25) is 0 Å². The van der Waals surface area contributed by atoms with Crippen LogP contribution < -0.4 is 16.0 Å². The topological polar surface area (TPSA) is 155 Å². The van der Waals surface area contributed by atoms with Gasteiger partial charge in [0.05, 0.1) is 35.6 Å². The zero-order valence-electron chi connectivity index (χ0n) is 21.5. The number of aromatic nitrogens is 1. The number of ether oxygens (including phenoxy) is 1. The van der Waals surface area contributed by atoms with Crippen molar-refractivity contribution in [1.29, 1.82) is 10.7 Å². The van der Waals surface area contributed by atoms with Crippen LogP contribution in [0.25, 0.3) is 6.08 Å². The van der Waals surface area contributed by atoms with Crippen molar-refractivity contribution in [2.45, 2.75) is 64.6 Å². The molecule has 1 unspecified atom stereocenters. The Balaban J connectivity index is 2.11. The number of hydrogen-bond donors (Lipinski definition) is 5. The van der Waals surface area contributed by atoms with Crippen LogP contribution in [-0.2, 0) is 9.53 Å². The number of hydrogen-bond acceptors (Lipinski definition) is 7. The molecule has 200 valence electrons. The fourth-order valence-electron chi connectivity index (χ4n) is 3.37. The molecule has 0 spiro atoms. The Morgan fingerprint density at radius 3 is 2.57 bits per heavy atom. The molecule has 2 heterocycles. The summed E-state index contributed by atoms with van der Waals surface area (Å²) in [5.41, 5.74) is 1.47. The van der Waals surface area contributed by atoms with E-state index in [0.717, 1.165) is 6.21 Å². The van der Waals surface area contributed by atoms with Crippen molar-refractivity contribution in [3.63, 3.8) is 0 Å². The fourth-order valence-corrected chi connectivity index (χ4v) is 3.37. The molecule has 37 heavy (non-hydrogen) atoms. The number of nitriles is 1. The van der Waals surface area contributed by atoms with Crippen LogP contribution in [0, 0.1) is 16.7 Å². The third kappa shape index (κ3) is 9.61. The number of allylic oxidation sites excluding steroid dienone is 1. The molecule has 0 saturated carbocycles. The summed E-state index contributed by atoms with van der Waals surface area (Å²) in [6.45, 7) is 6.68. The second kappa shape index (κ2) is 12.4. The lowest BCUT2D eigenvalue weighted by atomic mass is 9.96. The lowest BCUT2D eigenvalue weighted by Crippen LogP contribution is -2.48. The van der Waals surface area contributed by atoms with Crippen LogP contribution in [0.5, 0.6) is 0 Å². The molecule has 1 aliphatic heterocycles. The van der Waals surface area contributed by atoms with Crippen LogP contribution in [0.1, 0.15) is 52.4 Å². The Hall–Kier alpha value is -3.85. The second-order valence-corrected chi connectivity index (χ2v) is 9.82. The molecule has 2 rings (SSSR count). The third-order valence-electron chi connectivity index (χ3n) is 4.94. The molecular formula is C25H33F2N7O3. The van der Waals surface area contributed by atoms with E-state index in [-0.39, 0.29) is 17.2 Å². The predicted octanol–water partition coefficient (Wildman–Crippen LogP) is 3.29. The minimum Gasteiger partial charge on any atom is -0.444 e. The average molecular weight is 518 g/mol. The van der Waals surface area contributed by atoms with E-state index in [4.69, 9.17) is 15.4 Å². The van der Waals surface area contributed by atoms with Gasteiger partial charge in [-0.15, -0.1) is 0 Å². The molecule has 5 N–H and O–H groups in total. The van der Waals surface area contributed by atoms with Gasteiger partial charge in [-0.3, -0.25) is 9.79 Å². The lowest BCUT2D eigenvalue weighted by molar-refractivity contribution is -0.119. The highest BCUT2D eigenvalue weighted by Crippen LogP contribution is 2.20. The van der Waals surface area contributed by atoms with Crippen LogP contribution in [0.4, 0.5) is 13.6 Å². The summed E-state index contributed by atoms with van der Waals surface area (Å²) in [6.07, 6.45) is 3.16. The number of H-pyrrole nitrogens is 1. The van der Waals surface area contributed by atoms with Gasteiger partial charge in [0.2, 0.25) is 0 Å². The lowest BCUT2D eigenvalue weighted by Gasteiger charge is -2.27. The van der Waals surface area contributed by atoms with Crippen LogP contribution in [0.3, 0.4) is 0 Å². The molecule has 1 aromatic rings. The standard InChI is InChI=1S/C25H33F2N7O3/c1-15(2)33-20-9-21(19-7-6-17(34-19)8-16(10-28)11-29)30-12-18(20)22(35)31-13-25(26,27)14-32-23(36)37-24(3,4)5/h6-8,10,12,15,20,28,33-34H,9,13-14H2,1-5H3,(H,31,35)(H,32,36). The number of carbonyl (C=O) groups is 2. The summed E-state index contributed by atoms with van der Waals surface area (Å²) in [7, 11) is 0. The first-order valence-corrected chi connectivity index (χ1v) is 11.7. The van der Waals surface area contributed by atoms with Crippen molar-refractivity contribution >= 4 is 30.0 Å². The number of carbonyl (C=O) groups excluding carboxylic acids is 2. The Labute approximate surface area is 214 Å². The van der Waals surface area contributed by atoms with Crippen LogP contribution in [0.15, 0.2) is 34.5 Å². The second-order valence-electron chi connectivity index (χ2n) is 9.82. The summed E-state index contributed by atoms with van der Waals surface area (Å²) in [5, 5.41) is 23.7. The van der Waals surface area contributed by atoms with Gasteiger partial charge in [0, 0.05) is 36.6 Å². The van der Waals surface area contributed by atoms with Crippen molar-refractivity contribution in [3.05, 3.63) is 40.9 Å². The molecule has 0 aromatic carbocycles. The summed E-state index contributed by atoms with van der Waals surface area (Å²) >= 11 is 0. The van der Waals surface area contributed by atoms with Gasteiger partial charge in [0.15, 0.2) is 0 Å². The summed E-state index contributed by atoms with van der Waals surface area (Å²) < 4.78 is 33.5. The third-order valence-corrected chi connectivity index (χ3v) is 4.94. The minimum atomic E-state index is -3.40. The first-order valence-electron chi connectivity index (χ1n) is 11.7. The number of aliphatic imine (C=N–C) groups is 1. The van der Waals surface area contributed by atoms with Gasteiger partial charge in [0.1, 0.15) is 11.7 Å². The number of nitrogens with zero attached hydrogens (tertiary/aromatic N) is 2. The first kappa shape index (κ1) is 29.4. The molecular weight excluding hydrogens is 484 g/mol. The van der Waals surface area contributed by atoms with Gasteiger partial charge in [0.25, 0.3) is 11.8 Å². The Bertz CT molecular complexity index is 1140. The number of amides is 2. The molecule has 10 nitrogen and oxygen atoms in total. The molecule has 2 amide bonds. The number of nitrogens with one attached hydrogen (secondary N) is 5. The zero-order valence-corrected chi connectivity index (χ0v) is 21.5. The van der Waals surface area contributed by atoms with E-state index in [1.54, 1.807) is 32.9 Å². The average Bonchev–Trinajstić information content (AvgIpc) is 3.27. The van der Waals surface area contributed by atoms with E-state index in [9.17, 15) is 18.4 Å². The van der Waals surface area contributed by atoms with Crippen LogP contribution >= 0.6 is 0 Å². The summed E-state index contributed by atoms with van der Waals surface area (Å²) in [6, 6.07) is 4.92. The predicted molar refractivity (Wildman–Crippen MR) is 137 cm³/mol. The van der Waals surface area contributed by atoms with Crippen molar-refractivity contribution < 1.29 is 23.1 Å². The Morgan fingerprint density at radius 1 is 1.30 bits per heavy atom. The van der Waals surface area contributed by atoms with Gasteiger partial charge >= 0.3 is 6.09 Å². The molecule has 0 fully saturated rings. The Kier molecular flexibility index (Phi) is 9.85. The molecule has 1 aromatic heterocycles. The number of aromatic amines is 1. The number of alkyl carbamates (subject to hydrolysis) is 1. The van der Waals surface area contributed by atoms with Crippen molar-refractivity contribution in [2.24, 2.45) is 4.99 Å². The molecule has 1 atom stereocenters. The highest BCUT2D eigenvalue weighted by molar-refractivity contribution is 6.04. The van der Waals surface area contributed by atoms with E-state index < -0.39 is 42.7 Å². The highest BCUT2D eigenvalue weighted by atomic mass is 19.3. The maximum Gasteiger partial charge on any atom is 0.407 e. The van der Waals surface area contributed by atoms with Gasteiger partial charge in [-0.05, 0) is 39.0 Å². The van der Waals surface area contributed by atoms with Crippen molar-refractivity contribution in [3.8, 4) is 6.07 Å². The number of rotatable bonds is 10. The molecule has 0 saturated heterocycles. The van der Waals surface area contributed by atoms with Crippen molar-refractivity contribution in [1.82, 2.24) is 20.9 Å². The normalized spacial score (nSPS) is 16.4. The van der Waals surface area contributed by atoms with E-state index in [1.807, 2.05) is 25.2 Å². The largest absolute Gasteiger partial charge is 0.444 e. The van der Waals surface area contributed by atoms with E-state index >= 15 is 0 Å². The maximum atomic E-state index is 14.3. The molecule has 0 bridgehead atoms. The molecule has 12 heteroatoms. The number of alkyl halides is 2. The highest BCUT2D eigenvalue weighted by Gasteiger charge is 2.33. The van der Waals surface area contributed by atoms with Gasteiger partial charge in [-0.25, -0.2) is 13.6 Å². The molecule has 1 aliphatic rings. The van der Waals surface area contributed by atoms with E-state index in [2.05, 4.69) is 20.6 Å². The fraction of sp³-hybridized carbons (Fsp3) is 0.480. The minimum absolute atomic E-state index is 0.00654. The van der Waals surface area contributed by atoms with Crippen LogP contribution in [-0.4, -0.2) is 65.6 Å². The molecule has 0 radical (unpaired) electrons. The molecule has 0 aliphatic carbocycles. The first-order chi connectivity index (χ1) is 17.2. The number of halogens is 2. The SMILES string of the molecule is CC(C)NC1CC(c2ccc(C=C(C#N)C=N)[nH]2)=NC=C1C(=O)NCC(F)(F)CNC(=O)OC(C)(C)C. The quantitative estimate of drug-likeness (QED) is 0.238. The smallest absolute Gasteiger partial charge is 0.407 e. The van der Waals surface area contributed by atoms with Gasteiger partial charge in [-0.2, -0.15) is 5.26 Å². The van der Waals surface area contributed by atoms with Gasteiger partial charge in [-0.1, -0.05) is 13.8 Å². The monoisotopic (exact) mass is 517 g/mol. The summed E-state index contributed by atoms with van der Waals surface area (Å²) in [5.74, 6) is -4.10. The van der Waals surface area contributed by atoms with Crippen molar-refractivity contribution in [2.75, 3.05) is 13.1 Å². The maximum absolute atomic E-state index is 14.3. The van der Waals surface area contributed by atoms with E-state index in [0.29, 0.717) is 23.5 Å². The van der Waals surface area contributed by atoms with Gasteiger partial charge < -0.3 is 31.1 Å². The summed E-state index contributed by atoms with van der Waals surface area (Å²) in [4.78, 5) is 31.9. The zero-order chi connectivity index (χ0) is 27.8. The van der Waals surface area contributed by atoms with E-state index in [1.165, 1.54) is 12.3 Å².